The molecule has 0 aliphatic carbocycles. The lowest BCUT2D eigenvalue weighted by Crippen LogP contribution is -2.07. The Morgan fingerprint density at radius 2 is 2.38 bits per heavy atom. The van der Waals surface area contributed by atoms with Crippen molar-refractivity contribution < 1.29 is 14.6 Å². The number of hydrogen-bond acceptors (Lipinski definition) is 5. The molecule has 2 aromatic heterocycles. The van der Waals surface area contributed by atoms with Crippen LogP contribution in [0.1, 0.15) is 16.2 Å². The zero-order valence-corrected chi connectivity index (χ0v) is 9.10. The third-order valence-electron chi connectivity index (χ3n) is 2.07. The van der Waals surface area contributed by atoms with E-state index in [1.165, 1.54) is 11.6 Å². The van der Waals surface area contributed by atoms with Gasteiger partial charge in [-0.2, -0.15) is 5.10 Å². The summed E-state index contributed by atoms with van der Waals surface area (Å²) in [5.41, 5.74) is 0.720. The lowest BCUT2D eigenvalue weighted by atomic mass is 10.3. The van der Waals surface area contributed by atoms with Gasteiger partial charge in [0.25, 0.3) is 0 Å². The van der Waals surface area contributed by atoms with Gasteiger partial charge in [-0.3, -0.25) is 0 Å². The van der Waals surface area contributed by atoms with Crippen LogP contribution in [0.3, 0.4) is 0 Å². The number of nitrogens with zero attached hydrogens (tertiary/aromatic N) is 3. The molecule has 0 spiro atoms. The van der Waals surface area contributed by atoms with Gasteiger partial charge >= 0.3 is 5.97 Å². The molecule has 0 bridgehead atoms. The fourth-order valence-electron chi connectivity index (χ4n) is 1.36. The number of aliphatic hydroxyl groups excluding tert-OH is 1. The van der Waals surface area contributed by atoms with Crippen LogP contribution < -0.4 is 0 Å². The third kappa shape index (κ3) is 1.62. The van der Waals surface area contributed by atoms with E-state index in [1.807, 2.05) is 0 Å². The van der Waals surface area contributed by atoms with Crippen LogP contribution in [0.5, 0.6) is 0 Å². The van der Waals surface area contributed by atoms with Crippen LogP contribution in [0, 0.1) is 0 Å². The fraction of sp³-hybridized carbons (Fsp3) is 0.222. The summed E-state index contributed by atoms with van der Waals surface area (Å²) in [6, 6.07) is 3.15. The predicted octanol–water partition coefficient (Wildman–Crippen LogP) is 0.662. The van der Waals surface area contributed by atoms with Gasteiger partial charge in [0.2, 0.25) is 0 Å². The number of fused-ring (bicyclic) bond motifs is 1. The molecular weight excluding hydrogens is 234 g/mol. The van der Waals surface area contributed by atoms with Gasteiger partial charge in [0.1, 0.15) is 10.8 Å². The van der Waals surface area contributed by atoms with Crippen LogP contribution in [0.15, 0.2) is 12.1 Å². The molecule has 2 rings (SSSR count). The largest absolute Gasteiger partial charge is 0.464 e. The van der Waals surface area contributed by atoms with E-state index >= 15 is 0 Å². The number of ether oxygens (including phenoxy) is 1. The molecular formula is C9H8ClN3O3. The van der Waals surface area contributed by atoms with Gasteiger partial charge in [-0.25, -0.2) is 14.3 Å². The minimum absolute atomic E-state index is 0.0415. The van der Waals surface area contributed by atoms with Crippen LogP contribution >= 0.6 is 11.6 Å². The summed E-state index contributed by atoms with van der Waals surface area (Å²) >= 11 is 5.71. The number of hydrogen-bond donors (Lipinski definition) is 1. The number of carbonyl (C=O) groups is 1. The van der Waals surface area contributed by atoms with E-state index in [9.17, 15) is 9.90 Å². The number of aromatic nitrogens is 3. The standard InChI is InChI=1S/C9H8ClN3O3/c1-16-9(15)8-5(4-14)13-7(11-8)3-2-6(10)12-13/h2-3,14H,4H2,1H3. The van der Waals surface area contributed by atoms with Gasteiger partial charge in [-0.1, -0.05) is 11.6 Å². The molecule has 2 heterocycles. The molecule has 1 N–H and O–H groups in total. The summed E-state index contributed by atoms with van der Waals surface area (Å²) < 4.78 is 5.87. The fourth-order valence-corrected chi connectivity index (χ4v) is 1.50. The minimum Gasteiger partial charge on any atom is -0.464 e. The SMILES string of the molecule is COC(=O)c1nc2ccc(Cl)nn2c1CO. The van der Waals surface area contributed by atoms with Crippen molar-refractivity contribution >= 4 is 23.2 Å². The molecule has 0 aromatic carbocycles. The van der Waals surface area contributed by atoms with Crippen molar-refractivity contribution in [3.8, 4) is 0 Å². The van der Waals surface area contributed by atoms with E-state index in [-0.39, 0.29) is 23.1 Å². The van der Waals surface area contributed by atoms with Gasteiger partial charge in [-0.05, 0) is 12.1 Å². The second kappa shape index (κ2) is 4.07. The van der Waals surface area contributed by atoms with Crippen LogP contribution in [-0.2, 0) is 11.3 Å². The highest BCUT2D eigenvalue weighted by Crippen LogP contribution is 2.14. The van der Waals surface area contributed by atoms with Gasteiger partial charge in [-0.15, -0.1) is 0 Å². The normalized spacial score (nSPS) is 10.7. The van der Waals surface area contributed by atoms with Gasteiger partial charge in [0.05, 0.1) is 13.7 Å². The molecule has 0 radical (unpaired) electrons. The maximum Gasteiger partial charge on any atom is 0.358 e. The molecule has 0 fully saturated rings. The molecule has 16 heavy (non-hydrogen) atoms. The first-order valence-electron chi connectivity index (χ1n) is 4.40. The summed E-state index contributed by atoms with van der Waals surface area (Å²) in [7, 11) is 1.24. The average molecular weight is 242 g/mol. The Bertz CT molecular complexity index is 552. The van der Waals surface area contributed by atoms with Gasteiger partial charge < -0.3 is 9.84 Å². The Morgan fingerprint density at radius 3 is 3.00 bits per heavy atom. The maximum absolute atomic E-state index is 11.4. The Hall–Kier alpha value is -1.66. The van der Waals surface area contributed by atoms with Crippen molar-refractivity contribution in [2.75, 3.05) is 7.11 Å². The molecule has 0 saturated carbocycles. The van der Waals surface area contributed by atoms with Crippen molar-refractivity contribution in [3.63, 3.8) is 0 Å². The molecule has 0 amide bonds. The van der Waals surface area contributed by atoms with Gasteiger partial charge in [0, 0.05) is 0 Å². The zero-order chi connectivity index (χ0) is 11.7. The Balaban J connectivity index is 2.71. The maximum atomic E-state index is 11.4. The molecule has 6 nitrogen and oxygen atoms in total. The molecule has 0 aliphatic heterocycles. The highest BCUT2D eigenvalue weighted by molar-refractivity contribution is 6.29. The molecule has 0 atom stereocenters. The minimum atomic E-state index is -0.620. The summed E-state index contributed by atoms with van der Waals surface area (Å²) in [4.78, 5) is 15.4. The lowest BCUT2D eigenvalue weighted by molar-refractivity contribution is 0.0590. The summed E-state index contributed by atoms with van der Waals surface area (Å²) in [5.74, 6) is -0.620. The van der Waals surface area contributed by atoms with Crippen LogP contribution in [0.4, 0.5) is 0 Å². The Labute approximate surface area is 95.4 Å². The average Bonchev–Trinajstić information content (AvgIpc) is 2.65. The first kappa shape index (κ1) is 10.8. The van der Waals surface area contributed by atoms with E-state index in [0.29, 0.717) is 5.65 Å². The van der Waals surface area contributed by atoms with Crippen LogP contribution in [-0.4, -0.2) is 32.8 Å². The zero-order valence-electron chi connectivity index (χ0n) is 8.35. The summed E-state index contributed by atoms with van der Waals surface area (Å²) in [6.07, 6.45) is 0. The Morgan fingerprint density at radius 1 is 1.62 bits per heavy atom. The van der Waals surface area contributed by atoms with Crippen molar-refractivity contribution in [1.82, 2.24) is 14.6 Å². The third-order valence-corrected chi connectivity index (χ3v) is 2.27. The summed E-state index contributed by atoms with van der Waals surface area (Å²) in [5, 5.41) is 13.4. The van der Waals surface area contributed by atoms with E-state index in [1.54, 1.807) is 12.1 Å². The van der Waals surface area contributed by atoms with E-state index in [0.717, 1.165) is 0 Å². The number of imidazole rings is 1. The topological polar surface area (TPSA) is 76.7 Å². The second-order valence-electron chi connectivity index (χ2n) is 2.98. The quantitative estimate of drug-likeness (QED) is 0.782. The number of halogens is 1. The number of aliphatic hydroxyl groups is 1. The molecule has 0 aliphatic rings. The summed E-state index contributed by atoms with van der Waals surface area (Å²) in [6.45, 7) is -0.376. The van der Waals surface area contributed by atoms with Crippen LogP contribution in [0.25, 0.3) is 5.65 Å². The number of esters is 1. The smallest absolute Gasteiger partial charge is 0.358 e. The van der Waals surface area contributed by atoms with Crippen molar-refractivity contribution in [2.24, 2.45) is 0 Å². The van der Waals surface area contributed by atoms with Crippen molar-refractivity contribution in [1.29, 1.82) is 0 Å². The van der Waals surface area contributed by atoms with E-state index < -0.39 is 5.97 Å². The molecule has 2 aromatic rings. The monoisotopic (exact) mass is 241 g/mol. The van der Waals surface area contributed by atoms with E-state index in [2.05, 4.69) is 14.8 Å². The first-order valence-corrected chi connectivity index (χ1v) is 4.78. The highest BCUT2D eigenvalue weighted by Gasteiger charge is 2.19. The number of methoxy groups -OCH3 is 1. The molecule has 7 heteroatoms. The molecule has 0 unspecified atom stereocenters. The van der Waals surface area contributed by atoms with Gasteiger partial charge in [0.15, 0.2) is 11.3 Å². The second-order valence-corrected chi connectivity index (χ2v) is 3.37. The van der Waals surface area contributed by atoms with Crippen molar-refractivity contribution in [2.45, 2.75) is 6.61 Å². The first-order chi connectivity index (χ1) is 7.67. The number of carbonyl (C=O) groups excluding carboxylic acids is 1. The lowest BCUT2D eigenvalue weighted by Gasteiger charge is -1.98. The van der Waals surface area contributed by atoms with Crippen LogP contribution in [0.2, 0.25) is 5.15 Å². The van der Waals surface area contributed by atoms with Crippen molar-refractivity contribution in [3.05, 3.63) is 28.7 Å². The molecule has 84 valence electrons. The molecule has 0 saturated heterocycles. The highest BCUT2D eigenvalue weighted by atomic mass is 35.5. The van der Waals surface area contributed by atoms with E-state index in [4.69, 9.17) is 11.6 Å². The predicted molar refractivity (Wildman–Crippen MR) is 55.3 cm³/mol. The Kier molecular flexibility index (Phi) is 2.76. The number of rotatable bonds is 2.